The Labute approximate surface area is 166 Å². The van der Waals surface area contributed by atoms with E-state index in [-0.39, 0.29) is 16.5 Å². The Bertz CT molecular complexity index is 751. The largest absolute Gasteiger partial charge is 3.00 e. The third-order valence-electron chi connectivity index (χ3n) is 3.87. The molecule has 3 aromatic rings. The summed E-state index contributed by atoms with van der Waals surface area (Å²) in [6, 6.07) is 27.4. The first-order chi connectivity index (χ1) is 12.2. The smallest absolute Gasteiger partial charge is 0.651 e. The second kappa shape index (κ2) is 10.1. The first-order valence-corrected chi connectivity index (χ1v) is 8.51. The number of nitrogens with zero attached hydrogens (tertiary/aromatic N) is 2. The first kappa shape index (κ1) is 20.1. The van der Waals surface area contributed by atoms with Crippen molar-refractivity contribution in [3.8, 4) is 22.4 Å². The molecule has 4 rings (SSSR count). The van der Waals surface area contributed by atoms with Gasteiger partial charge in [-0.15, -0.1) is 48.0 Å². The molecule has 2 unspecified atom stereocenters. The van der Waals surface area contributed by atoms with E-state index < -0.39 is 0 Å². The number of rotatable bonds is 2. The topological polar surface area (TPSA) is 27.0 Å². The molecule has 2 atom stereocenters. The van der Waals surface area contributed by atoms with Crippen molar-refractivity contribution in [1.29, 1.82) is 0 Å². The molecule has 1 radical (unpaired) electrons. The van der Waals surface area contributed by atoms with Crippen LogP contribution in [0.3, 0.4) is 0 Å². The maximum atomic E-state index is 4.34. The predicted molar refractivity (Wildman–Crippen MR) is 104 cm³/mol. The molecule has 2 nitrogen and oxygen atoms in total. The summed E-state index contributed by atoms with van der Waals surface area (Å²) in [7, 11) is 0. The van der Waals surface area contributed by atoms with Crippen molar-refractivity contribution in [2.45, 2.75) is 25.9 Å². The van der Waals surface area contributed by atoms with Crippen molar-refractivity contribution in [2.24, 2.45) is 0 Å². The van der Waals surface area contributed by atoms with E-state index in [0.29, 0.717) is 12.1 Å². The van der Waals surface area contributed by atoms with Gasteiger partial charge >= 0.3 is 16.5 Å². The summed E-state index contributed by atoms with van der Waals surface area (Å²) in [4.78, 5) is 4.34. The van der Waals surface area contributed by atoms with E-state index in [0.717, 1.165) is 22.4 Å². The molecule has 26 heavy (non-hydrogen) atoms. The normalized spacial score (nSPS) is 17.8. The average Bonchev–Trinajstić information content (AvgIpc) is 3.06. The maximum absolute atomic E-state index is 4.34. The zero-order chi connectivity index (χ0) is 17.5. The van der Waals surface area contributed by atoms with Gasteiger partial charge in [0.05, 0.1) is 0 Å². The van der Waals surface area contributed by atoms with Gasteiger partial charge in [0.1, 0.15) is 0 Å². The van der Waals surface area contributed by atoms with E-state index in [4.69, 9.17) is 0 Å². The van der Waals surface area contributed by atoms with Crippen LogP contribution in [0.4, 0.5) is 0 Å². The van der Waals surface area contributed by atoms with Gasteiger partial charge in [-0.25, -0.2) is 5.56 Å². The molecule has 2 heterocycles. The summed E-state index contributed by atoms with van der Waals surface area (Å²) in [5.74, 6) is 0. The number of hydrogen-bond acceptors (Lipinski definition) is 1. The van der Waals surface area contributed by atoms with Crippen LogP contribution in [0, 0.1) is 12.1 Å². The summed E-state index contributed by atoms with van der Waals surface area (Å²) in [6.07, 6.45) is 6.06. The minimum atomic E-state index is 0. The molecule has 0 spiro atoms. The zero-order valence-corrected chi connectivity index (χ0v) is 15.9. The predicted octanol–water partition coefficient (Wildman–Crippen LogP) is 5.72. The third-order valence-corrected chi connectivity index (χ3v) is 3.87. The van der Waals surface area contributed by atoms with Crippen molar-refractivity contribution in [2.75, 3.05) is 0 Å². The van der Waals surface area contributed by atoms with Gasteiger partial charge in [0.25, 0.3) is 0 Å². The summed E-state index contributed by atoms with van der Waals surface area (Å²) < 4.78 is 0. The Hall–Kier alpha value is -2.22. The summed E-state index contributed by atoms with van der Waals surface area (Å²) in [5, 5.41) is 4.28. The Morgan fingerprint density at radius 1 is 0.808 bits per heavy atom. The van der Waals surface area contributed by atoms with E-state index in [9.17, 15) is 0 Å². The standard InChI is InChI=1S/C17H11N.C6H10N.Ni/c1-2-7-14(8-3-1)15-9-6-10-16(13-15)17-11-4-5-12-18-17;1-5-3-4-6(2)7-5;/h1-7,9-12H;3-6H,1-2H3;/q-2;-1;+3. The molecule has 0 bridgehead atoms. The fourth-order valence-corrected chi connectivity index (χ4v) is 2.65. The summed E-state index contributed by atoms with van der Waals surface area (Å²) in [6.45, 7) is 4.19. The molecule has 1 aliphatic heterocycles. The second-order valence-corrected chi connectivity index (χ2v) is 5.98. The van der Waals surface area contributed by atoms with Gasteiger partial charge < -0.3 is 5.32 Å². The molecule has 1 aliphatic rings. The number of hydrogen-bond donors (Lipinski definition) is 0. The molecule has 0 aliphatic carbocycles. The van der Waals surface area contributed by atoms with E-state index in [1.165, 1.54) is 0 Å². The third kappa shape index (κ3) is 5.66. The Morgan fingerprint density at radius 3 is 2.08 bits per heavy atom. The van der Waals surface area contributed by atoms with Crippen molar-refractivity contribution < 1.29 is 16.5 Å². The van der Waals surface area contributed by atoms with Gasteiger partial charge in [0.15, 0.2) is 0 Å². The van der Waals surface area contributed by atoms with Crippen LogP contribution in [0.1, 0.15) is 13.8 Å². The van der Waals surface area contributed by atoms with Crippen molar-refractivity contribution >= 4 is 0 Å². The molecule has 133 valence electrons. The average molecular weight is 384 g/mol. The molecule has 0 N–H and O–H groups in total. The first-order valence-electron chi connectivity index (χ1n) is 8.51. The monoisotopic (exact) mass is 383 g/mol. The van der Waals surface area contributed by atoms with Crippen molar-refractivity contribution in [3.05, 3.63) is 96.5 Å². The Morgan fingerprint density at radius 2 is 1.50 bits per heavy atom. The fourth-order valence-electron chi connectivity index (χ4n) is 2.65. The Balaban J connectivity index is 0.000000258. The van der Waals surface area contributed by atoms with Crippen LogP contribution in [0.25, 0.3) is 27.7 Å². The van der Waals surface area contributed by atoms with Crippen LogP contribution in [0.2, 0.25) is 0 Å². The molecule has 0 saturated carbocycles. The van der Waals surface area contributed by atoms with Crippen LogP contribution in [0.15, 0.2) is 79.0 Å². The van der Waals surface area contributed by atoms with Gasteiger partial charge in [0.2, 0.25) is 0 Å². The molecule has 0 fully saturated rings. The van der Waals surface area contributed by atoms with E-state index in [1.807, 2.05) is 60.7 Å². The maximum Gasteiger partial charge on any atom is 3.00 e. The number of pyridine rings is 1. The SMILES string of the molecule is CC1C=CC(C)[N-]1.[Ni+3].[c-]1ccccc1-c1[c-]c(-c2ccccn2)ccc1. The van der Waals surface area contributed by atoms with Gasteiger partial charge in [-0.2, -0.15) is 42.0 Å². The number of aromatic nitrogens is 1. The molecule has 0 saturated heterocycles. The number of benzene rings is 2. The van der Waals surface area contributed by atoms with Crippen LogP contribution in [-0.4, -0.2) is 17.1 Å². The van der Waals surface area contributed by atoms with E-state index in [2.05, 4.69) is 48.4 Å². The molecule has 3 heteroatoms. The molecule has 0 amide bonds. The Kier molecular flexibility index (Phi) is 7.78. The van der Waals surface area contributed by atoms with Crippen LogP contribution in [-0.2, 0) is 16.5 Å². The molecule has 1 aromatic heterocycles. The van der Waals surface area contributed by atoms with Gasteiger partial charge in [-0.3, -0.25) is 4.98 Å². The van der Waals surface area contributed by atoms with E-state index >= 15 is 0 Å². The van der Waals surface area contributed by atoms with Crippen LogP contribution >= 0.6 is 0 Å². The van der Waals surface area contributed by atoms with Crippen LogP contribution < -0.4 is 0 Å². The van der Waals surface area contributed by atoms with Gasteiger partial charge in [-0.1, -0.05) is 26.0 Å². The van der Waals surface area contributed by atoms with Crippen LogP contribution in [0.5, 0.6) is 0 Å². The van der Waals surface area contributed by atoms with E-state index in [1.54, 1.807) is 6.20 Å². The zero-order valence-electron chi connectivity index (χ0n) is 14.9. The van der Waals surface area contributed by atoms with Crippen molar-refractivity contribution in [3.63, 3.8) is 0 Å². The molecule has 2 aromatic carbocycles. The van der Waals surface area contributed by atoms with Gasteiger partial charge in [0, 0.05) is 11.9 Å². The minimum absolute atomic E-state index is 0. The second-order valence-electron chi connectivity index (χ2n) is 5.98. The van der Waals surface area contributed by atoms with Gasteiger partial charge in [-0.05, 0) is 6.07 Å². The molecular weight excluding hydrogens is 363 g/mol. The fraction of sp³-hybridized carbons (Fsp3) is 0.174. The molecular formula is C23H21N2Ni. The minimum Gasteiger partial charge on any atom is -0.651 e. The summed E-state index contributed by atoms with van der Waals surface area (Å²) >= 11 is 0. The van der Waals surface area contributed by atoms with Crippen molar-refractivity contribution in [1.82, 2.24) is 4.98 Å². The summed E-state index contributed by atoms with van der Waals surface area (Å²) in [5.41, 5.74) is 4.04. The quantitative estimate of drug-likeness (QED) is 0.315.